The number of carbonyl (C=O) groups is 1. The van der Waals surface area contributed by atoms with Crippen molar-refractivity contribution >= 4 is 40.8 Å². The largest absolute Gasteiger partial charge is 0.381 e. The summed E-state index contributed by atoms with van der Waals surface area (Å²) in [5, 5.41) is 3.20. The summed E-state index contributed by atoms with van der Waals surface area (Å²) in [6.45, 7) is 0. The molecule has 0 aliphatic carbocycles. The number of hydrogen-bond acceptors (Lipinski definition) is 5. The Morgan fingerprint density at radius 3 is 2.85 bits per heavy atom. The number of nitrogens with one attached hydrogen (secondary N) is 1. The fourth-order valence-electron chi connectivity index (χ4n) is 1.36. The first-order valence-electron chi connectivity index (χ1n) is 5.50. The zero-order valence-corrected chi connectivity index (χ0v) is 11.7. The number of benzene rings is 1. The summed E-state index contributed by atoms with van der Waals surface area (Å²) >= 11 is 6.97. The highest BCUT2D eigenvalue weighted by atomic mass is 35.5. The Bertz CT molecular complexity index is 641. The molecule has 104 valence electrons. The SMILES string of the molecule is Nc1nccnc1SCC(=O)Nc1ccc(F)cc1Cl. The van der Waals surface area contributed by atoms with Crippen molar-refractivity contribution in [3.8, 4) is 0 Å². The molecule has 0 aliphatic rings. The molecule has 0 atom stereocenters. The molecule has 2 aromatic rings. The van der Waals surface area contributed by atoms with Crippen LogP contribution in [-0.4, -0.2) is 21.6 Å². The summed E-state index contributed by atoms with van der Waals surface area (Å²) < 4.78 is 12.9. The number of halogens is 2. The lowest BCUT2D eigenvalue weighted by atomic mass is 10.3. The van der Waals surface area contributed by atoms with E-state index < -0.39 is 5.82 Å². The number of aromatic nitrogens is 2. The van der Waals surface area contributed by atoms with E-state index in [9.17, 15) is 9.18 Å². The third-order valence-corrected chi connectivity index (χ3v) is 3.54. The van der Waals surface area contributed by atoms with Gasteiger partial charge in [0.05, 0.1) is 16.5 Å². The fourth-order valence-corrected chi connectivity index (χ4v) is 2.25. The van der Waals surface area contributed by atoms with Crippen molar-refractivity contribution in [2.45, 2.75) is 5.03 Å². The quantitative estimate of drug-likeness (QED) is 0.848. The molecule has 0 aliphatic heterocycles. The molecular formula is C12H10ClFN4OS. The summed E-state index contributed by atoms with van der Waals surface area (Å²) in [5.41, 5.74) is 5.96. The second kappa shape index (κ2) is 6.53. The number of thioether (sulfide) groups is 1. The first-order valence-corrected chi connectivity index (χ1v) is 6.87. The van der Waals surface area contributed by atoms with E-state index in [1.807, 2.05) is 0 Å². The van der Waals surface area contributed by atoms with Gasteiger partial charge in [-0.05, 0) is 18.2 Å². The lowest BCUT2D eigenvalue weighted by molar-refractivity contribution is -0.113. The molecule has 5 nitrogen and oxygen atoms in total. The van der Waals surface area contributed by atoms with Crippen LogP contribution in [0.2, 0.25) is 5.02 Å². The van der Waals surface area contributed by atoms with Gasteiger partial charge in [0.2, 0.25) is 5.91 Å². The number of carbonyl (C=O) groups excluding carboxylic acids is 1. The van der Waals surface area contributed by atoms with Crippen molar-refractivity contribution in [1.82, 2.24) is 9.97 Å². The average molecular weight is 313 g/mol. The highest BCUT2D eigenvalue weighted by Crippen LogP contribution is 2.24. The zero-order chi connectivity index (χ0) is 14.5. The summed E-state index contributed by atoms with van der Waals surface area (Å²) in [6.07, 6.45) is 2.96. The average Bonchev–Trinajstić information content (AvgIpc) is 2.41. The molecule has 0 saturated carbocycles. The van der Waals surface area contributed by atoms with Crippen LogP contribution in [0.4, 0.5) is 15.9 Å². The Morgan fingerprint density at radius 1 is 1.40 bits per heavy atom. The summed E-state index contributed by atoms with van der Waals surface area (Å²) in [7, 11) is 0. The molecule has 1 aromatic carbocycles. The van der Waals surface area contributed by atoms with Crippen molar-refractivity contribution in [3.63, 3.8) is 0 Å². The van der Waals surface area contributed by atoms with Gasteiger partial charge in [0.15, 0.2) is 5.82 Å². The first-order chi connectivity index (χ1) is 9.56. The molecule has 0 unspecified atom stereocenters. The highest BCUT2D eigenvalue weighted by molar-refractivity contribution is 8.00. The molecule has 0 fully saturated rings. The maximum absolute atomic E-state index is 12.9. The van der Waals surface area contributed by atoms with Gasteiger partial charge in [0, 0.05) is 12.4 Å². The van der Waals surface area contributed by atoms with Crippen molar-refractivity contribution in [2.24, 2.45) is 0 Å². The van der Waals surface area contributed by atoms with Gasteiger partial charge in [0.25, 0.3) is 0 Å². The van der Waals surface area contributed by atoms with Crippen molar-refractivity contribution in [2.75, 3.05) is 16.8 Å². The summed E-state index contributed by atoms with van der Waals surface area (Å²) in [6, 6.07) is 3.75. The minimum Gasteiger partial charge on any atom is -0.381 e. The number of amides is 1. The van der Waals surface area contributed by atoms with E-state index in [4.69, 9.17) is 17.3 Å². The van der Waals surface area contributed by atoms with Gasteiger partial charge in [-0.3, -0.25) is 4.79 Å². The smallest absolute Gasteiger partial charge is 0.234 e. The van der Waals surface area contributed by atoms with Crippen LogP contribution in [-0.2, 0) is 4.79 Å². The number of nitrogens with zero attached hydrogens (tertiary/aromatic N) is 2. The van der Waals surface area contributed by atoms with Crippen LogP contribution in [0.3, 0.4) is 0 Å². The van der Waals surface area contributed by atoms with Crippen molar-refractivity contribution in [1.29, 1.82) is 0 Å². The normalized spacial score (nSPS) is 10.3. The van der Waals surface area contributed by atoms with Crippen LogP contribution in [0.1, 0.15) is 0 Å². The van der Waals surface area contributed by atoms with Crippen molar-refractivity contribution < 1.29 is 9.18 Å². The van der Waals surface area contributed by atoms with E-state index in [1.54, 1.807) is 0 Å². The van der Waals surface area contributed by atoms with Crippen LogP contribution in [0.5, 0.6) is 0 Å². The lowest BCUT2D eigenvalue weighted by Gasteiger charge is -2.07. The molecule has 1 amide bonds. The maximum Gasteiger partial charge on any atom is 0.234 e. The Kier molecular flexibility index (Phi) is 4.75. The Labute approximate surface area is 123 Å². The topological polar surface area (TPSA) is 80.9 Å². The van der Waals surface area contributed by atoms with Crippen LogP contribution < -0.4 is 11.1 Å². The van der Waals surface area contributed by atoms with E-state index >= 15 is 0 Å². The predicted octanol–water partition coefficient (Wildman–Crippen LogP) is 2.58. The van der Waals surface area contributed by atoms with E-state index in [-0.39, 0.29) is 22.5 Å². The Balaban J connectivity index is 1.94. The third kappa shape index (κ3) is 3.82. The predicted molar refractivity (Wildman–Crippen MR) is 77.2 cm³/mol. The van der Waals surface area contributed by atoms with Crippen molar-refractivity contribution in [3.05, 3.63) is 41.4 Å². The highest BCUT2D eigenvalue weighted by Gasteiger charge is 2.09. The molecule has 0 radical (unpaired) electrons. The van der Waals surface area contributed by atoms with E-state index in [0.717, 1.165) is 17.8 Å². The summed E-state index contributed by atoms with van der Waals surface area (Å²) in [5.74, 6) is -0.398. The molecule has 1 aromatic heterocycles. The summed E-state index contributed by atoms with van der Waals surface area (Å²) in [4.78, 5) is 19.6. The van der Waals surface area contributed by atoms with E-state index in [2.05, 4.69) is 15.3 Å². The number of rotatable bonds is 4. The molecule has 8 heteroatoms. The van der Waals surface area contributed by atoms with Gasteiger partial charge < -0.3 is 11.1 Å². The molecule has 0 saturated heterocycles. The zero-order valence-electron chi connectivity index (χ0n) is 10.1. The molecule has 2 rings (SSSR count). The fraction of sp³-hybridized carbons (Fsp3) is 0.0833. The number of nitrogen functional groups attached to an aromatic ring is 1. The number of anilines is 2. The molecule has 1 heterocycles. The van der Waals surface area contributed by atoms with Crippen LogP contribution in [0.15, 0.2) is 35.6 Å². The van der Waals surface area contributed by atoms with Gasteiger partial charge in [-0.25, -0.2) is 14.4 Å². The Hall–Kier alpha value is -1.86. The molecule has 20 heavy (non-hydrogen) atoms. The molecule has 3 N–H and O–H groups in total. The Morgan fingerprint density at radius 2 is 2.15 bits per heavy atom. The number of hydrogen-bond donors (Lipinski definition) is 2. The van der Waals surface area contributed by atoms with Crippen LogP contribution in [0.25, 0.3) is 0 Å². The second-order valence-corrected chi connectivity index (χ2v) is 5.08. The van der Waals surface area contributed by atoms with E-state index in [1.165, 1.54) is 24.5 Å². The van der Waals surface area contributed by atoms with Gasteiger partial charge in [0.1, 0.15) is 10.8 Å². The molecular weight excluding hydrogens is 303 g/mol. The third-order valence-electron chi connectivity index (χ3n) is 2.24. The lowest BCUT2D eigenvalue weighted by Crippen LogP contribution is -2.14. The minimum absolute atomic E-state index is 0.0938. The minimum atomic E-state index is -0.463. The first kappa shape index (κ1) is 14.5. The number of nitrogens with two attached hydrogens (primary N) is 1. The van der Waals surface area contributed by atoms with Gasteiger partial charge in [-0.1, -0.05) is 23.4 Å². The molecule has 0 spiro atoms. The standard InChI is InChI=1S/C12H10ClFN4OS/c13-8-5-7(14)1-2-9(8)18-10(19)6-20-12-11(15)16-3-4-17-12/h1-5H,6H2,(H2,15,16)(H,18,19). The van der Waals surface area contributed by atoms with Gasteiger partial charge >= 0.3 is 0 Å². The van der Waals surface area contributed by atoms with Gasteiger partial charge in [-0.2, -0.15) is 0 Å². The monoisotopic (exact) mass is 312 g/mol. The van der Waals surface area contributed by atoms with Crippen LogP contribution in [0, 0.1) is 5.82 Å². The second-order valence-electron chi connectivity index (χ2n) is 3.71. The van der Waals surface area contributed by atoms with E-state index in [0.29, 0.717) is 10.7 Å². The van der Waals surface area contributed by atoms with Crippen LogP contribution >= 0.6 is 23.4 Å². The maximum atomic E-state index is 12.9. The molecule has 0 bridgehead atoms. The van der Waals surface area contributed by atoms with Gasteiger partial charge in [-0.15, -0.1) is 0 Å².